The predicted molar refractivity (Wildman–Crippen MR) is 81.1 cm³/mol. The number of halogens is 1. The molecule has 0 fully saturated rings. The lowest BCUT2D eigenvalue weighted by Crippen LogP contribution is -2.15. The Balaban J connectivity index is 2.67. The number of hydrogen-bond acceptors (Lipinski definition) is 2. The van der Waals surface area contributed by atoms with Gasteiger partial charge in [0.15, 0.2) is 0 Å². The molecule has 0 atom stereocenters. The van der Waals surface area contributed by atoms with E-state index in [1.165, 1.54) is 5.56 Å². The number of para-hydroxylation sites is 1. The van der Waals surface area contributed by atoms with Crippen LogP contribution < -0.4 is 10.1 Å². The molecule has 0 saturated heterocycles. The van der Waals surface area contributed by atoms with Crippen LogP contribution in [0.3, 0.4) is 0 Å². The molecule has 2 nitrogen and oxygen atoms in total. The summed E-state index contributed by atoms with van der Waals surface area (Å²) >= 11 is 3.57. The molecule has 1 rings (SSSR count). The molecule has 0 saturated carbocycles. The summed E-state index contributed by atoms with van der Waals surface area (Å²) in [6.07, 6.45) is 1.05. The van der Waals surface area contributed by atoms with E-state index in [2.05, 4.69) is 55.0 Å². The molecule has 0 unspecified atom stereocenters. The summed E-state index contributed by atoms with van der Waals surface area (Å²) in [4.78, 5) is 0. The summed E-state index contributed by atoms with van der Waals surface area (Å²) < 4.78 is 6.99. The summed E-state index contributed by atoms with van der Waals surface area (Å²) in [7, 11) is 0. The Morgan fingerprint density at radius 3 is 2.61 bits per heavy atom. The van der Waals surface area contributed by atoms with E-state index < -0.39 is 0 Å². The average Bonchev–Trinajstić information content (AvgIpc) is 2.27. The van der Waals surface area contributed by atoms with Gasteiger partial charge in [0.1, 0.15) is 5.75 Å². The van der Waals surface area contributed by atoms with Crippen LogP contribution in [-0.2, 0) is 6.54 Å². The van der Waals surface area contributed by atoms with Gasteiger partial charge in [-0.1, -0.05) is 39.8 Å². The summed E-state index contributed by atoms with van der Waals surface area (Å²) in [5, 5.41) is 3.34. The highest BCUT2D eigenvalue weighted by Crippen LogP contribution is 2.30. The van der Waals surface area contributed by atoms with Gasteiger partial charge in [0.25, 0.3) is 0 Å². The van der Waals surface area contributed by atoms with Crippen molar-refractivity contribution in [2.24, 2.45) is 5.41 Å². The van der Waals surface area contributed by atoms with Crippen LogP contribution in [0.4, 0.5) is 0 Å². The van der Waals surface area contributed by atoms with Crippen LogP contribution in [-0.4, -0.2) is 13.2 Å². The van der Waals surface area contributed by atoms with Gasteiger partial charge in [-0.15, -0.1) is 0 Å². The molecule has 3 heteroatoms. The molecule has 0 aliphatic carbocycles. The van der Waals surface area contributed by atoms with Crippen molar-refractivity contribution in [3.63, 3.8) is 0 Å². The smallest absolute Gasteiger partial charge is 0.137 e. The third-order valence-electron chi connectivity index (χ3n) is 2.71. The highest BCUT2D eigenvalue weighted by atomic mass is 79.9. The highest BCUT2D eigenvalue weighted by Gasteiger charge is 2.12. The third-order valence-corrected chi connectivity index (χ3v) is 3.34. The first-order chi connectivity index (χ1) is 8.44. The van der Waals surface area contributed by atoms with Gasteiger partial charge in [0.2, 0.25) is 0 Å². The lowest BCUT2D eigenvalue weighted by atomic mass is 9.93. The fraction of sp³-hybridized carbons (Fsp3) is 0.600. The first-order valence-corrected chi connectivity index (χ1v) is 7.34. The monoisotopic (exact) mass is 313 g/mol. The maximum atomic E-state index is 5.95. The Morgan fingerprint density at radius 1 is 1.28 bits per heavy atom. The van der Waals surface area contributed by atoms with Crippen LogP contribution in [0.1, 0.15) is 39.7 Å². The van der Waals surface area contributed by atoms with Gasteiger partial charge >= 0.3 is 0 Å². The molecule has 0 aromatic heterocycles. The predicted octanol–water partition coefficient (Wildman–Crippen LogP) is 4.37. The first-order valence-electron chi connectivity index (χ1n) is 6.55. The molecule has 1 N–H and O–H groups in total. The second kappa shape index (κ2) is 7.15. The second-order valence-electron chi connectivity index (χ2n) is 5.67. The van der Waals surface area contributed by atoms with Crippen LogP contribution in [0.15, 0.2) is 22.7 Å². The van der Waals surface area contributed by atoms with E-state index in [1.807, 2.05) is 12.1 Å². The Bertz CT molecular complexity index is 371. The maximum absolute atomic E-state index is 5.95. The van der Waals surface area contributed by atoms with Crippen LogP contribution in [0.2, 0.25) is 0 Å². The van der Waals surface area contributed by atoms with Gasteiger partial charge < -0.3 is 10.1 Å². The topological polar surface area (TPSA) is 21.3 Å². The van der Waals surface area contributed by atoms with Crippen molar-refractivity contribution in [2.75, 3.05) is 13.2 Å². The van der Waals surface area contributed by atoms with Gasteiger partial charge in [0.05, 0.1) is 11.1 Å². The molecule has 1 aromatic carbocycles. The van der Waals surface area contributed by atoms with E-state index in [0.717, 1.165) is 36.3 Å². The Kier molecular flexibility index (Phi) is 6.16. The fourth-order valence-electron chi connectivity index (χ4n) is 1.57. The molecule has 0 bridgehead atoms. The van der Waals surface area contributed by atoms with Gasteiger partial charge in [-0.3, -0.25) is 0 Å². The molecular weight excluding hydrogens is 290 g/mol. The van der Waals surface area contributed by atoms with Crippen LogP contribution in [0, 0.1) is 5.41 Å². The van der Waals surface area contributed by atoms with Gasteiger partial charge in [-0.05, 0) is 40.4 Å². The van der Waals surface area contributed by atoms with Crippen LogP contribution >= 0.6 is 15.9 Å². The summed E-state index contributed by atoms with van der Waals surface area (Å²) in [5.41, 5.74) is 1.52. The molecule has 0 radical (unpaired) electrons. The lowest BCUT2D eigenvalue weighted by molar-refractivity contribution is 0.240. The van der Waals surface area contributed by atoms with E-state index in [0.29, 0.717) is 5.41 Å². The number of rotatable bonds is 6. The van der Waals surface area contributed by atoms with Crippen molar-refractivity contribution >= 4 is 15.9 Å². The molecule has 18 heavy (non-hydrogen) atoms. The number of benzene rings is 1. The van der Waals surface area contributed by atoms with E-state index >= 15 is 0 Å². The third kappa shape index (κ3) is 5.40. The minimum atomic E-state index is 0.309. The Labute approximate surface area is 119 Å². The quantitative estimate of drug-likeness (QED) is 0.841. The van der Waals surface area contributed by atoms with Crippen molar-refractivity contribution in [2.45, 2.75) is 40.7 Å². The minimum Gasteiger partial charge on any atom is -0.492 e. The van der Waals surface area contributed by atoms with Crippen LogP contribution in [0.25, 0.3) is 0 Å². The van der Waals surface area contributed by atoms with E-state index in [9.17, 15) is 0 Å². The maximum Gasteiger partial charge on any atom is 0.137 e. The summed E-state index contributed by atoms with van der Waals surface area (Å²) in [6.45, 7) is 11.4. The van der Waals surface area contributed by atoms with Crippen molar-refractivity contribution < 1.29 is 4.74 Å². The largest absolute Gasteiger partial charge is 0.492 e. The highest BCUT2D eigenvalue weighted by molar-refractivity contribution is 9.10. The average molecular weight is 314 g/mol. The fourth-order valence-corrected chi connectivity index (χ4v) is 2.10. The van der Waals surface area contributed by atoms with Gasteiger partial charge in [-0.25, -0.2) is 0 Å². The zero-order valence-corrected chi connectivity index (χ0v) is 13.4. The van der Waals surface area contributed by atoms with Gasteiger partial charge in [-0.2, -0.15) is 0 Å². The zero-order valence-electron chi connectivity index (χ0n) is 11.8. The Morgan fingerprint density at radius 2 is 2.00 bits per heavy atom. The first kappa shape index (κ1) is 15.5. The minimum absolute atomic E-state index is 0.309. The number of nitrogens with one attached hydrogen (secondary N) is 1. The second-order valence-corrected chi connectivity index (χ2v) is 6.52. The SMILES string of the molecule is CCNCc1cccc(Br)c1OCCC(C)(C)C. The molecular formula is C15H24BrNO. The molecule has 0 spiro atoms. The van der Waals surface area contributed by atoms with Crippen LogP contribution in [0.5, 0.6) is 5.75 Å². The van der Waals surface area contributed by atoms with Crippen molar-refractivity contribution in [1.29, 1.82) is 0 Å². The molecule has 1 aromatic rings. The molecule has 102 valence electrons. The van der Waals surface area contributed by atoms with E-state index in [-0.39, 0.29) is 0 Å². The summed E-state index contributed by atoms with van der Waals surface area (Å²) in [5.74, 6) is 0.975. The van der Waals surface area contributed by atoms with E-state index in [4.69, 9.17) is 4.74 Å². The van der Waals surface area contributed by atoms with Crippen molar-refractivity contribution in [1.82, 2.24) is 5.32 Å². The standard InChI is InChI=1S/C15H24BrNO/c1-5-17-11-12-7-6-8-13(16)14(12)18-10-9-15(2,3)4/h6-8,17H,5,9-11H2,1-4H3. The van der Waals surface area contributed by atoms with Crippen molar-refractivity contribution in [3.8, 4) is 5.75 Å². The molecule has 0 amide bonds. The molecule has 0 heterocycles. The van der Waals surface area contributed by atoms with Gasteiger partial charge in [0, 0.05) is 12.1 Å². The van der Waals surface area contributed by atoms with E-state index in [1.54, 1.807) is 0 Å². The van der Waals surface area contributed by atoms with Crippen molar-refractivity contribution in [3.05, 3.63) is 28.2 Å². The Hall–Kier alpha value is -0.540. The summed E-state index contributed by atoms with van der Waals surface area (Å²) in [6, 6.07) is 6.19. The zero-order chi connectivity index (χ0) is 13.6. The molecule has 0 aliphatic rings. The number of hydrogen-bond donors (Lipinski definition) is 1. The number of ether oxygens (including phenoxy) is 1. The normalized spacial score (nSPS) is 11.6. The lowest BCUT2D eigenvalue weighted by Gasteiger charge is -2.20. The molecule has 0 aliphatic heterocycles.